The van der Waals surface area contributed by atoms with Gasteiger partial charge in [0, 0.05) is 26.3 Å². The van der Waals surface area contributed by atoms with Crippen LogP contribution in [0.3, 0.4) is 0 Å². The van der Waals surface area contributed by atoms with Crippen molar-refractivity contribution in [2.45, 2.75) is 26.6 Å². The lowest BCUT2D eigenvalue weighted by molar-refractivity contribution is 0.590. The van der Waals surface area contributed by atoms with Crippen molar-refractivity contribution >= 4 is 11.0 Å². The second-order valence-corrected chi connectivity index (χ2v) is 4.81. The summed E-state index contributed by atoms with van der Waals surface area (Å²) in [6.45, 7) is 4.64. The fraction of sp³-hybridized carbons (Fsp3) is 0.333. The fourth-order valence-corrected chi connectivity index (χ4v) is 2.49. The van der Waals surface area contributed by atoms with Crippen LogP contribution in [0, 0.1) is 0 Å². The summed E-state index contributed by atoms with van der Waals surface area (Å²) in [6.07, 6.45) is 1.82. The van der Waals surface area contributed by atoms with Crippen LogP contribution in [0.15, 0.2) is 36.5 Å². The summed E-state index contributed by atoms with van der Waals surface area (Å²) in [5.74, 6) is 1.08. The van der Waals surface area contributed by atoms with Crippen LogP contribution in [-0.4, -0.2) is 19.3 Å². The van der Waals surface area contributed by atoms with Crippen molar-refractivity contribution in [3.8, 4) is 0 Å². The van der Waals surface area contributed by atoms with Crippen LogP contribution >= 0.6 is 0 Å². The summed E-state index contributed by atoms with van der Waals surface area (Å²) < 4.78 is 4.14. The highest BCUT2D eigenvalue weighted by molar-refractivity contribution is 5.75. The maximum atomic E-state index is 4.70. The first-order chi connectivity index (χ1) is 9.79. The maximum absolute atomic E-state index is 4.70. The average molecular weight is 269 g/mol. The third-order valence-electron chi connectivity index (χ3n) is 3.56. The van der Waals surface area contributed by atoms with Crippen molar-refractivity contribution in [3.05, 3.63) is 48.0 Å². The number of hydrogen-bond donors (Lipinski definition) is 1. The molecule has 0 fully saturated rings. The van der Waals surface area contributed by atoms with E-state index in [1.807, 2.05) is 30.1 Å². The molecule has 1 N–H and O–H groups in total. The Labute approximate surface area is 118 Å². The van der Waals surface area contributed by atoms with Crippen molar-refractivity contribution < 1.29 is 0 Å². The molecule has 0 amide bonds. The number of fused-ring (bicyclic) bond motifs is 1. The molecule has 0 unspecified atom stereocenters. The lowest BCUT2D eigenvalue weighted by Crippen LogP contribution is -2.18. The van der Waals surface area contributed by atoms with E-state index < -0.39 is 0 Å². The zero-order valence-corrected chi connectivity index (χ0v) is 11.9. The van der Waals surface area contributed by atoms with Crippen LogP contribution in [0.5, 0.6) is 0 Å². The minimum atomic E-state index is 0.758. The van der Waals surface area contributed by atoms with Crippen molar-refractivity contribution in [2.75, 3.05) is 0 Å². The summed E-state index contributed by atoms with van der Waals surface area (Å²) in [6, 6.07) is 10.3. The smallest absolute Gasteiger partial charge is 0.123 e. The molecule has 0 aliphatic heterocycles. The fourth-order valence-electron chi connectivity index (χ4n) is 2.49. The van der Waals surface area contributed by atoms with E-state index >= 15 is 0 Å². The quantitative estimate of drug-likeness (QED) is 0.771. The van der Waals surface area contributed by atoms with E-state index in [1.54, 1.807) is 0 Å². The van der Waals surface area contributed by atoms with E-state index in [9.17, 15) is 0 Å². The molecule has 0 saturated carbocycles. The van der Waals surface area contributed by atoms with E-state index in [1.165, 1.54) is 11.2 Å². The van der Waals surface area contributed by atoms with Gasteiger partial charge in [0.15, 0.2) is 0 Å². The van der Waals surface area contributed by atoms with E-state index in [0.717, 1.165) is 31.0 Å². The molecule has 5 nitrogen and oxygen atoms in total. The van der Waals surface area contributed by atoms with E-state index in [2.05, 4.69) is 40.1 Å². The molecular weight excluding hydrogens is 250 g/mol. The van der Waals surface area contributed by atoms with Crippen molar-refractivity contribution in [2.24, 2.45) is 7.05 Å². The number of imidazole rings is 1. The van der Waals surface area contributed by atoms with Crippen LogP contribution in [-0.2, 0) is 26.7 Å². The van der Waals surface area contributed by atoms with Gasteiger partial charge in [-0.2, -0.15) is 5.10 Å². The number of benzene rings is 1. The molecule has 0 aliphatic rings. The Morgan fingerprint density at radius 3 is 2.75 bits per heavy atom. The maximum Gasteiger partial charge on any atom is 0.123 e. The predicted molar refractivity (Wildman–Crippen MR) is 79.2 cm³/mol. The highest BCUT2D eigenvalue weighted by Crippen LogP contribution is 2.15. The van der Waals surface area contributed by atoms with Gasteiger partial charge in [0.25, 0.3) is 0 Å². The second-order valence-electron chi connectivity index (χ2n) is 4.81. The highest BCUT2D eigenvalue weighted by atomic mass is 15.3. The Balaban J connectivity index is 1.75. The van der Waals surface area contributed by atoms with Gasteiger partial charge in [-0.05, 0) is 25.1 Å². The molecule has 0 atom stereocenters. The highest BCUT2D eigenvalue weighted by Gasteiger charge is 2.08. The zero-order chi connectivity index (χ0) is 13.9. The average Bonchev–Trinajstić information content (AvgIpc) is 3.02. The summed E-state index contributed by atoms with van der Waals surface area (Å²) >= 11 is 0. The first-order valence-electron chi connectivity index (χ1n) is 6.91. The summed E-state index contributed by atoms with van der Waals surface area (Å²) in [7, 11) is 1.96. The Bertz CT molecular complexity index is 710. The molecule has 2 aromatic heterocycles. The SMILES string of the molecule is CCn1c(CNCc2ccnn2C)nc2ccccc21. The van der Waals surface area contributed by atoms with Gasteiger partial charge in [0.2, 0.25) is 0 Å². The Morgan fingerprint density at radius 2 is 2.00 bits per heavy atom. The van der Waals surface area contributed by atoms with E-state index in [-0.39, 0.29) is 0 Å². The number of aryl methyl sites for hydroxylation is 2. The zero-order valence-electron chi connectivity index (χ0n) is 11.9. The monoisotopic (exact) mass is 269 g/mol. The Morgan fingerprint density at radius 1 is 1.15 bits per heavy atom. The number of nitrogens with zero attached hydrogens (tertiary/aromatic N) is 4. The number of nitrogens with one attached hydrogen (secondary N) is 1. The summed E-state index contributed by atoms with van der Waals surface area (Å²) in [5.41, 5.74) is 3.43. The molecule has 0 saturated heterocycles. The first-order valence-corrected chi connectivity index (χ1v) is 6.91. The molecule has 0 bridgehead atoms. The third-order valence-corrected chi connectivity index (χ3v) is 3.56. The molecule has 3 aromatic rings. The third kappa shape index (κ3) is 2.32. The molecule has 3 rings (SSSR count). The van der Waals surface area contributed by atoms with Gasteiger partial charge < -0.3 is 9.88 Å². The largest absolute Gasteiger partial charge is 0.327 e. The topological polar surface area (TPSA) is 47.7 Å². The molecule has 1 aromatic carbocycles. The van der Waals surface area contributed by atoms with E-state index in [4.69, 9.17) is 4.98 Å². The van der Waals surface area contributed by atoms with Gasteiger partial charge in [-0.1, -0.05) is 12.1 Å². The normalized spacial score (nSPS) is 11.3. The lowest BCUT2D eigenvalue weighted by Gasteiger charge is -2.07. The number of rotatable bonds is 5. The molecule has 2 heterocycles. The van der Waals surface area contributed by atoms with Gasteiger partial charge in [0.1, 0.15) is 5.82 Å². The minimum Gasteiger partial charge on any atom is -0.327 e. The molecule has 104 valence electrons. The molecular formula is C15H19N5. The summed E-state index contributed by atoms with van der Waals surface area (Å²) in [4.78, 5) is 4.70. The number of aromatic nitrogens is 4. The van der Waals surface area contributed by atoms with Crippen LogP contribution in [0.2, 0.25) is 0 Å². The molecule has 0 radical (unpaired) electrons. The Hall–Kier alpha value is -2.14. The van der Waals surface area contributed by atoms with Gasteiger partial charge in [-0.15, -0.1) is 0 Å². The number of para-hydroxylation sites is 2. The van der Waals surface area contributed by atoms with Crippen LogP contribution in [0.1, 0.15) is 18.4 Å². The van der Waals surface area contributed by atoms with Gasteiger partial charge in [0.05, 0.1) is 23.3 Å². The van der Waals surface area contributed by atoms with Crippen molar-refractivity contribution in [3.63, 3.8) is 0 Å². The van der Waals surface area contributed by atoms with E-state index in [0.29, 0.717) is 0 Å². The Kier molecular flexibility index (Phi) is 3.52. The van der Waals surface area contributed by atoms with Crippen molar-refractivity contribution in [1.82, 2.24) is 24.6 Å². The van der Waals surface area contributed by atoms with Gasteiger partial charge in [-0.25, -0.2) is 4.98 Å². The van der Waals surface area contributed by atoms with Gasteiger partial charge >= 0.3 is 0 Å². The second kappa shape index (κ2) is 5.46. The molecule has 0 spiro atoms. The van der Waals surface area contributed by atoms with Crippen LogP contribution in [0.25, 0.3) is 11.0 Å². The lowest BCUT2D eigenvalue weighted by atomic mass is 10.3. The molecule has 5 heteroatoms. The van der Waals surface area contributed by atoms with Crippen LogP contribution in [0.4, 0.5) is 0 Å². The summed E-state index contributed by atoms with van der Waals surface area (Å²) in [5, 5.41) is 7.60. The number of hydrogen-bond acceptors (Lipinski definition) is 3. The molecule has 0 aliphatic carbocycles. The van der Waals surface area contributed by atoms with Crippen molar-refractivity contribution in [1.29, 1.82) is 0 Å². The molecule has 20 heavy (non-hydrogen) atoms. The predicted octanol–water partition coefficient (Wildman–Crippen LogP) is 2.08. The first kappa shape index (κ1) is 12.9. The minimum absolute atomic E-state index is 0.758. The van der Waals surface area contributed by atoms with Crippen LogP contribution < -0.4 is 5.32 Å². The van der Waals surface area contributed by atoms with Gasteiger partial charge in [-0.3, -0.25) is 4.68 Å². The standard InChI is InChI=1S/C15H19N5/c1-3-20-14-7-5-4-6-13(14)18-15(20)11-16-10-12-8-9-17-19(12)2/h4-9,16H,3,10-11H2,1-2H3.